The summed E-state index contributed by atoms with van der Waals surface area (Å²) in [5.74, 6) is -0.0128. The van der Waals surface area contributed by atoms with Crippen molar-refractivity contribution in [3.8, 4) is 0 Å². The molecular formula is C23H26N4O4S2. The molecule has 2 fully saturated rings. The average Bonchev–Trinajstić information content (AvgIpc) is 3.28. The van der Waals surface area contributed by atoms with Crippen molar-refractivity contribution in [2.75, 3.05) is 44.3 Å². The zero-order valence-corrected chi connectivity index (χ0v) is 19.8. The van der Waals surface area contributed by atoms with E-state index in [0.717, 1.165) is 33.8 Å². The molecule has 10 heteroatoms. The highest BCUT2D eigenvalue weighted by Gasteiger charge is 2.30. The molecule has 0 bridgehead atoms. The third-order valence-corrected chi connectivity index (χ3v) is 8.36. The van der Waals surface area contributed by atoms with Gasteiger partial charge in [0, 0.05) is 37.8 Å². The van der Waals surface area contributed by atoms with E-state index in [9.17, 15) is 13.2 Å². The van der Waals surface area contributed by atoms with Crippen molar-refractivity contribution in [1.29, 1.82) is 0 Å². The molecular weight excluding hydrogens is 460 g/mol. The van der Waals surface area contributed by atoms with Gasteiger partial charge in [-0.25, -0.2) is 18.5 Å². The van der Waals surface area contributed by atoms with Gasteiger partial charge in [0.2, 0.25) is 10.0 Å². The van der Waals surface area contributed by atoms with Crippen LogP contribution < -0.4 is 10.0 Å². The van der Waals surface area contributed by atoms with E-state index in [-0.39, 0.29) is 16.7 Å². The number of hydrogen-bond acceptors (Lipinski definition) is 7. The van der Waals surface area contributed by atoms with Crippen molar-refractivity contribution in [3.05, 3.63) is 53.0 Å². The first-order valence-electron chi connectivity index (χ1n) is 11.0. The number of para-hydroxylation sites is 1. The van der Waals surface area contributed by atoms with Gasteiger partial charge in [0.25, 0.3) is 5.91 Å². The minimum Gasteiger partial charge on any atom is -0.378 e. The van der Waals surface area contributed by atoms with E-state index in [1.165, 1.54) is 12.1 Å². The second-order valence-electron chi connectivity index (χ2n) is 8.43. The second kappa shape index (κ2) is 9.02. The molecule has 2 N–H and O–H groups in total. The maximum absolute atomic E-state index is 13.7. The van der Waals surface area contributed by atoms with Gasteiger partial charge >= 0.3 is 0 Å². The van der Waals surface area contributed by atoms with E-state index >= 15 is 0 Å². The molecule has 2 aliphatic rings. The van der Waals surface area contributed by atoms with Crippen LogP contribution in [-0.2, 0) is 14.8 Å². The highest BCUT2D eigenvalue weighted by molar-refractivity contribution is 7.89. The van der Waals surface area contributed by atoms with Gasteiger partial charge in [-0.05, 0) is 43.2 Å². The summed E-state index contributed by atoms with van der Waals surface area (Å²) in [6.45, 7) is 3.60. The molecule has 2 saturated heterocycles. The Morgan fingerprint density at radius 1 is 1.12 bits per heavy atom. The van der Waals surface area contributed by atoms with Crippen LogP contribution in [0.3, 0.4) is 0 Å². The van der Waals surface area contributed by atoms with Gasteiger partial charge in [0.05, 0.1) is 38.9 Å². The SMILES string of the molecule is NS(=O)(=O)c1ccc(N2CCOCC2)c(C(=O)N2CCCC(c3nc4ccccc4s3)C2)c1. The Bertz CT molecular complexity index is 1250. The number of fused-ring (bicyclic) bond motifs is 1. The molecule has 2 aromatic carbocycles. The van der Waals surface area contributed by atoms with Crippen LogP contribution in [0.25, 0.3) is 10.2 Å². The zero-order valence-electron chi connectivity index (χ0n) is 18.1. The van der Waals surface area contributed by atoms with Crippen LogP contribution in [0.2, 0.25) is 0 Å². The predicted octanol–water partition coefficient (Wildman–Crippen LogP) is 2.80. The van der Waals surface area contributed by atoms with E-state index in [4.69, 9.17) is 14.9 Å². The summed E-state index contributed by atoms with van der Waals surface area (Å²) in [7, 11) is -3.93. The van der Waals surface area contributed by atoms with Crippen molar-refractivity contribution in [2.24, 2.45) is 5.14 Å². The summed E-state index contributed by atoms with van der Waals surface area (Å²) in [4.78, 5) is 22.4. The van der Waals surface area contributed by atoms with Gasteiger partial charge in [-0.3, -0.25) is 4.79 Å². The van der Waals surface area contributed by atoms with Crippen molar-refractivity contribution in [3.63, 3.8) is 0 Å². The number of sulfonamides is 1. The highest BCUT2D eigenvalue weighted by atomic mass is 32.2. The average molecular weight is 487 g/mol. The van der Waals surface area contributed by atoms with Crippen LogP contribution in [0.4, 0.5) is 5.69 Å². The molecule has 3 aromatic rings. The van der Waals surface area contributed by atoms with Crippen molar-refractivity contribution in [1.82, 2.24) is 9.88 Å². The molecule has 1 atom stereocenters. The topological polar surface area (TPSA) is 106 Å². The first-order chi connectivity index (χ1) is 15.9. The number of carbonyl (C=O) groups excluding carboxylic acids is 1. The molecule has 1 unspecified atom stereocenters. The largest absolute Gasteiger partial charge is 0.378 e. The summed E-state index contributed by atoms with van der Waals surface area (Å²) < 4.78 is 30.6. The highest BCUT2D eigenvalue weighted by Crippen LogP contribution is 2.34. The number of rotatable bonds is 4. The molecule has 2 aliphatic heterocycles. The standard InChI is InChI=1S/C23H26N4O4S2/c24-33(29,30)17-7-8-20(26-10-12-31-13-11-26)18(14-17)23(28)27-9-3-4-16(15-27)22-25-19-5-1-2-6-21(19)32-22/h1-2,5-8,14,16H,3-4,9-13,15H2,(H2,24,29,30). The number of hydrogen-bond donors (Lipinski definition) is 1. The number of nitrogens with two attached hydrogens (primary N) is 1. The number of primary sulfonamides is 1. The van der Waals surface area contributed by atoms with Crippen LogP contribution in [0, 0.1) is 0 Å². The quantitative estimate of drug-likeness (QED) is 0.608. The number of piperidine rings is 1. The summed E-state index contributed by atoms with van der Waals surface area (Å²) in [5, 5.41) is 6.42. The number of ether oxygens (including phenoxy) is 1. The number of carbonyl (C=O) groups is 1. The Balaban J connectivity index is 1.45. The lowest BCUT2D eigenvalue weighted by molar-refractivity contribution is 0.0706. The Labute approximate surface area is 197 Å². The Kier molecular flexibility index (Phi) is 6.09. The smallest absolute Gasteiger partial charge is 0.256 e. The van der Waals surface area contributed by atoms with Crippen molar-refractivity contribution >= 4 is 43.2 Å². The number of nitrogens with zero attached hydrogens (tertiary/aromatic N) is 3. The van der Waals surface area contributed by atoms with Crippen molar-refractivity contribution in [2.45, 2.75) is 23.7 Å². The summed E-state index contributed by atoms with van der Waals surface area (Å²) in [5.41, 5.74) is 2.07. The Hall–Kier alpha value is -2.53. The van der Waals surface area contributed by atoms with Gasteiger partial charge in [0.1, 0.15) is 0 Å². The molecule has 3 heterocycles. The van der Waals surface area contributed by atoms with E-state index in [1.807, 2.05) is 23.1 Å². The zero-order chi connectivity index (χ0) is 23.0. The van der Waals surface area contributed by atoms with E-state index in [1.54, 1.807) is 17.4 Å². The molecule has 0 radical (unpaired) electrons. The minimum absolute atomic E-state index is 0.0532. The number of amides is 1. The predicted molar refractivity (Wildman–Crippen MR) is 128 cm³/mol. The molecule has 0 aliphatic carbocycles. The lowest BCUT2D eigenvalue weighted by Crippen LogP contribution is -2.41. The molecule has 1 aromatic heterocycles. The van der Waals surface area contributed by atoms with Crippen LogP contribution in [0.1, 0.15) is 34.1 Å². The number of aromatic nitrogens is 1. The Morgan fingerprint density at radius 3 is 2.67 bits per heavy atom. The number of likely N-dealkylation sites (tertiary alicyclic amines) is 1. The normalized spacial score (nSPS) is 19.7. The number of thiazole rings is 1. The lowest BCUT2D eigenvalue weighted by atomic mass is 9.97. The maximum Gasteiger partial charge on any atom is 0.256 e. The van der Waals surface area contributed by atoms with Gasteiger partial charge in [-0.2, -0.15) is 0 Å². The van der Waals surface area contributed by atoms with Gasteiger partial charge in [0.15, 0.2) is 0 Å². The molecule has 174 valence electrons. The van der Waals surface area contributed by atoms with E-state index in [2.05, 4.69) is 11.0 Å². The molecule has 0 saturated carbocycles. The maximum atomic E-state index is 13.7. The van der Waals surface area contributed by atoms with E-state index in [0.29, 0.717) is 45.0 Å². The Morgan fingerprint density at radius 2 is 1.91 bits per heavy atom. The van der Waals surface area contributed by atoms with Crippen LogP contribution in [0.15, 0.2) is 47.4 Å². The fourth-order valence-electron chi connectivity index (χ4n) is 4.54. The molecule has 33 heavy (non-hydrogen) atoms. The van der Waals surface area contributed by atoms with Gasteiger partial charge in [-0.15, -0.1) is 11.3 Å². The summed E-state index contributed by atoms with van der Waals surface area (Å²) in [6, 6.07) is 12.6. The van der Waals surface area contributed by atoms with Gasteiger partial charge < -0.3 is 14.5 Å². The van der Waals surface area contributed by atoms with Crippen LogP contribution >= 0.6 is 11.3 Å². The number of morpholine rings is 1. The molecule has 1 amide bonds. The van der Waals surface area contributed by atoms with E-state index < -0.39 is 10.0 Å². The first kappa shape index (κ1) is 22.3. The molecule has 5 rings (SSSR count). The van der Waals surface area contributed by atoms with Crippen LogP contribution in [-0.4, -0.2) is 63.6 Å². The molecule has 8 nitrogen and oxygen atoms in total. The number of benzene rings is 2. The minimum atomic E-state index is -3.93. The fourth-order valence-corrected chi connectivity index (χ4v) is 6.17. The summed E-state index contributed by atoms with van der Waals surface area (Å²) >= 11 is 1.68. The molecule has 0 spiro atoms. The number of anilines is 1. The van der Waals surface area contributed by atoms with Crippen LogP contribution in [0.5, 0.6) is 0 Å². The van der Waals surface area contributed by atoms with Gasteiger partial charge in [-0.1, -0.05) is 12.1 Å². The third kappa shape index (κ3) is 4.61. The first-order valence-corrected chi connectivity index (χ1v) is 13.4. The third-order valence-electron chi connectivity index (χ3n) is 6.25. The lowest BCUT2D eigenvalue weighted by Gasteiger charge is -2.34. The fraction of sp³-hybridized carbons (Fsp3) is 0.391. The monoisotopic (exact) mass is 486 g/mol. The van der Waals surface area contributed by atoms with Crippen molar-refractivity contribution < 1.29 is 17.9 Å². The second-order valence-corrected chi connectivity index (χ2v) is 11.1. The summed E-state index contributed by atoms with van der Waals surface area (Å²) in [6.07, 6.45) is 1.84.